The number of rotatable bonds is 6. The van der Waals surface area contributed by atoms with Gasteiger partial charge in [-0.15, -0.1) is 0 Å². The minimum atomic E-state index is -3.87. The van der Waals surface area contributed by atoms with E-state index in [1.807, 2.05) is 6.92 Å². The van der Waals surface area contributed by atoms with Crippen molar-refractivity contribution in [1.82, 2.24) is 10.0 Å². The fourth-order valence-corrected chi connectivity index (χ4v) is 4.45. The van der Waals surface area contributed by atoms with Gasteiger partial charge in [0.2, 0.25) is 20.0 Å². The Labute approximate surface area is 142 Å². The first-order chi connectivity index (χ1) is 11.1. The third kappa shape index (κ3) is 4.88. The Morgan fingerprint density at radius 1 is 1.29 bits per heavy atom. The second kappa shape index (κ2) is 7.34. The average molecular weight is 379 g/mol. The summed E-state index contributed by atoms with van der Waals surface area (Å²) in [7, 11) is -7.50. The number of halogens is 1. The number of benzene rings is 1. The van der Waals surface area contributed by atoms with Crippen molar-refractivity contribution in [2.45, 2.75) is 43.7 Å². The SMILES string of the molecule is CCS(=O)(=O)Nc1ccc(S(=O)(=O)NC2CCNC(C)C2)cc1F. The molecule has 136 valence electrons. The molecule has 1 aromatic rings. The maximum absolute atomic E-state index is 14.1. The number of anilines is 1. The fraction of sp³-hybridized carbons (Fsp3) is 0.571. The smallest absolute Gasteiger partial charge is 0.240 e. The lowest BCUT2D eigenvalue weighted by molar-refractivity contribution is 0.361. The van der Waals surface area contributed by atoms with Crippen LogP contribution < -0.4 is 14.8 Å². The van der Waals surface area contributed by atoms with Crippen LogP contribution in [0.3, 0.4) is 0 Å². The average Bonchev–Trinajstić information content (AvgIpc) is 2.48. The van der Waals surface area contributed by atoms with E-state index < -0.39 is 25.9 Å². The van der Waals surface area contributed by atoms with Gasteiger partial charge in [0.1, 0.15) is 5.82 Å². The Morgan fingerprint density at radius 3 is 2.58 bits per heavy atom. The van der Waals surface area contributed by atoms with Crippen LogP contribution in [0.1, 0.15) is 26.7 Å². The summed E-state index contributed by atoms with van der Waals surface area (Å²) < 4.78 is 66.4. The van der Waals surface area contributed by atoms with Gasteiger partial charge >= 0.3 is 0 Å². The first kappa shape index (κ1) is 19.1. The Balaban J connectivity index is 2.17. The quantitative estimate of drug-likeness (QED) is 0.684. The Kier molecular flexibility index (Phi) is 5.84. The van der Waals surface area contributed by atoms with E-state index in [0.29, 0.717) is 19.4 Å². The van der Waals surface area contributed by atoms with E-state index in [1.165, 1.54) is 13.0 Å². The van der Waals surface area contributed by atoms with Gasteiger partial charge in [0.05, 0.1) is 16.3 Å². The summed E-state index contributed by atoms with van der Waals surface area (Å²) in [5.74, 6) is -1.14. The molecular formula is C14H22FN3O4S2. The zero-order valence-electron chi connectivity index (χ0n) is 13.5. The summed E-state index contributed by atoms with van der Waals surface area (Å²) >= 11 is 0. The van der Waals surface area contributed by atoms with Crippen molar-refractivity contribution < 1.29 is 21.2 Å². The zero-order valence-corrected chi connectivity index (χ0v) is 15.2. The van der Waals surface area contributed by atoms with E-state index in [2.05, 4.69) is 14.8 Å². The van der Waals surface area contributed by atoms with Crippen LogP contribution in [0.2, 0.25) is 0 Å². The van der Waals surface area contributed by atoms with Gasteiger partial charge in [-0.3, -0.25) is 4.72 Å². The van der Waals surface area contributed by atoms with E-state index >= 15 is 0 Å². The molecule has 3 N–H and O–H groups in total. The molecule has 0 aliphatic carbocycles. The van der Waals surface area contributed by atoms with Crippen LogP contribution in [-0.4, -0.2) is 41.2 Å². The van der Waals surface area contributed by atoms with Crippen LogP contribution in [0, 0.1) is 5.82 Å². The second-order valence-electron chi connectivity index (χ2n) is 5.84. The van der Waals surface area contributed by atoms with E-state index in [4.69, 9.17) is 0 Å². The Hall–Kier alpha value is -1.23. The predicted molar refractivity (Wildman–Crippen MR) is 90.3 cm³/mol. The highest BCUT2D eigenvalue weighted by Crippen LogP contribution is 2.21. The third-order valence-electron chi connectivity index (χ3n) is 3.84. The van der Waals surface area contributed by atoms with E-state index in [0.717, 1.165) is 12.1 Å². The van der Waals surface area contributed by atoms with Crippen LogP contribution in [0.5, 0.6) is 0 Å². The molecule has 10 heteroatoms. The summed E-state index contributed by atoms with van der Waals surface area (Å²) in [5, 5.41) is 3.22. The van der Waals surface area contributed by atoms with Gasteiger partial charge in [0.15, 0.2) is 0 Å². The first-order valence-electron chi connectivity index (χ1n) is 7.68. The minimum absolute atomic E-state index is 0.203. The molecule has 2 unspecified atom stereocenters. The number of nitrogens with one attached hydrogen (secondary N) is 3. The number of hydrogen-bond acceptors (Lipinski definition) is 5. The minimum Gasteiger partial charge on any atom is -0.314 e. The zero-order chi connectivity index (χ0) is 18.0. The highest BCUT2D eigenvalue weighted by molar-refractivity contribution is 7.92. The van der Waals surface area contributed by atoms with Crippen molar-refractivity contribution in [3.8, 4) is 0 Å². The molecule has 2 atom stereocenters. The van der Waals surface area contributed by atoms with Crippen molar-refractivity contribution in [3.05, 3.63) is 24.0 Å². The topological polar surface area (TPSA) is 104 Å². The molecule has 1 aromatic carbocycles. The standard InChI is InChI=1S/C14H22FN3O4S2/c1-3-23(19,20)18-14-5-4-12(9-13(14)15)24(21,22)17-11-6-7-16-10(2)8-11/h4-5,9-11,16-18H,3,6-8H2,1-2H3. The molecule has 1 aliphatic rings. The molecule has 1 aliphatic heterocycles. The molecule has 7 nitrogen and oxygen atoms in total. The van der Waals surface area contributed by atoms with Crippen molar-refractivity contribution in [2.24, 2.45) is 0 Å². The van der Waals surface area contributed by atoms with Crippen LogP contribution in [0.25, 0.3) is 0 Å². The molecule has 0 bridgehead atoms. The summed E-state index contributed by atoms with van der Waals surface area (Å²) in [5.41, 5.74) is -0.272. The van der Waals surface area contributed by atoms with Gasteiger partial charge in [-0.2, -0.15) is 0 Å². The van der Waals surface area contributed by atoms with E-state index in [-0.39, 0.29) is 28.4 Å². The van der Waals surface area contributed by atoms with Gasteiger partial charge < -0.3 is 5.32 Å². The van der Waals surface area contributed by atoms with Crippen LogP contribution in [0.4, 0.5) is 10.1 Å². The highest BCUT2D eigenvalue weighted by Gasteiger charge is 2.25. The maximum atomic E-state index is 14.1. The van der Waals surface area contributed by atoms with Gasteiger partial charge in [0, 0.05) is 12.1 Å². The van der Waals surface area contributed by atoms with Gasteiger partial charge in [0.25, 0.3) is 0 Å². The summed E-state index contributed by atoms with van der Waals surface area (Å²) in [6.07, 6.45) is 1.30. The number of piperidine rings is 1. The summed E-state index contributed by atoms with van der Waals surface area (Å²) in [6.45, 7) is 4.10. The molecule has 1 saturated heterocycles. The van der Waals surface area contributed by atoms with E-state index in [9.17, 15) is 21.2 Å². The molecule has 0 amide bonds. The van der Waals surface area contributed by atoms with Gasteiger partial charge in [-0.25, -0.2) is 25.9 Å². The molecule has 0 radical (unpaired) electrons. The third-order valence-corrected chi connectivity index (χ3v) is 6.65. The van der Waals surface area contributed by atoms with Gasteiger partial charge in [-0.05, 0) is 51.4 Å². The van der Waals surface area contributed by atoms with E-state index in [1.54, 1.807) is 0 Å². The molecule has 0 saturated carbocycles. The molecule has 2 rings (SSSR count). The molecule has 0 aromatic heterocycles. The van der Waals surface area contributed by atoms with Crippen LogP contribution >= 0.6 is 0 Å². The summed E-state index contributed by atoms with van der Waals surface area (Å²) in [6, 6.07) is 3.10. The Morgan fingerprint density at radius 2 is 2.00 bits per heavy atom. The predicted octanol–water partition coefficient (Wildman–Crippen LogP) is 1.01. The van der Waals surface area contributed by atoms with Crippen molar-refractivity contribution in [3.63, 3.8) is 0 Å². The lowest BCUT2D eigenvalue weighted by Gasteiger charge is -2.28. The second-order valence-corrected chi connectivity index (χ2v) is 9.57. The lowest BCUT2D eigenvalue weighted by Crippen LogP contribution is -2.46. The fourth-order valence-electron chi connectivity index (χ4n) is 2.51. The number of sulfonamides is 2. The Bertz CT molecular complexity index is 796. The van der Waals surface area contributed by atoms with Crippen LogP contribution in [-0.2, 0) is 20.0 Å². The normalized spacial score (nSPS) is 22.3. The van der Waals surface area contributed by atoms with Crippen molar-refractivity contribution in [2.75, 3.05) is 17.0 Å². The first-order valence-corrected chi connectivity index (χ1v) is 10.8. The van der Waals surface area contributed by atoms with Gasteiger partial charge in [-0.1, -0.05) is 0 Å². The molecule has 1 fully saturated rings. The van der Waals surface area contributed by atoms with Crippen LogP contribution in [0.15, 0.2) is 23.1 Å². The highest BCUT2D eigenvalue weighted by atomic mass is 32.2. The molecule has 1 heterocycles. The largest absolute Gasteiger partial charge is 0.314 e. The summed E-state index contributed by atoms with van der Waals surface area (Å²) in [4.78, 5) is -0.231. The van der Waals surface area contributed by atoms with Crippen molar-refractivity contribution >= 4 is 25.7 Å². The van der Waals surface area contributed by atoms with Crippen molar-refractivity contribution in [1.29, 1.82) is 0 Å². The molecule has 0 spiro atoms. The lowest BCUT2D eigenvalue weighted by atomic mass is 10.0. The maximum Gasteiger partial charge on any atom is 0.240 e. The molecular weight excluding hydrogens is 357 g/mol. The molecule has 24 heavy (non-hydrogen) atoms. The monoisotopic (exact) mass is 379 g/mol. The number of hydrogen-bond donors (Lipinski definition) is 3.